The molecule has 214 valence electrons. The number of esters is 3. The molecule has 0 aliphatic carbocycles. The number of rotatable bonds is 17. The summed E-state index contributed by atoms with van der Waals surface area (Å²) in [7, 11) is 0. The average molecular weight is 535 g/mol. The lowest BCUT2D eigenvalue weighted by molar-refractivity contribution is -0.284. The standard InChI is InChI=1S/C30H46O8/c1-5-6-7-8-9-10-11-12-16-19-26(29(33)34-21-25-17-14-13-15-18-25)38-30-28(37-24(4)32)27(36-23(3)31)20-22(2)35-30/h13-15,17-18,22,26-28,30H,5-12,16,19-21H2,1-4H3. The molecule has 1 aliphatic rings. The van der Waals surface area contributed by atoms with Crippen molar-refractivity contribution in [1.82, 2.24) is 0 Å². The SMILES string of the molecule is CCCCCCCCCCCC(OC1OC(C)CC(OC(C)=O)C1OC(C)=O)C(=O)OCc1ccccc1. The molecular formula is C30H46O8. The fourth-order valence-electron chi connectivity index (χ4n) is 4.62. The highest BCUT2D eigenvalue weighted by molar-refractivity contribution is 5.74. The summed E-state index contributed by atoms with van der Waals surface area (Å²) in [5.74, 6) is -1.55. The van der Waals surface area contributed by atoms with E-state index in [9.17, 15) is 14.4 Å². The van der Waals surface area contributed by atoms with Crippen LogP contribution in [0.5, 0.6) is 0 Å². The smallest absolute Gasteiger partial charge is 0.335 e. The third-order valence-corrected chi connectivity index (χ3v) is 6.54. The van der Waals surface area contributed by atoms with Gasteiger partial charge in [0.1, 0.15) is 12.7 Å². The number of carbonyl (C=O) groups excluding carboxylic acids is 3. The summed E-state index contributed by atoms with van der Waals surface area (Å²) in [4.78, 5) is 36.7. The van der Waals surface area contributed by atoms with Crippen LogP contribution in [0.1, 0.15) is 104 Å². The molecule has 38 heavy (non-hydrogen) atoms. The van der Waals surface area contributed by atoms with Crippen LogP contribution in [-0.4, -0.2) is 48.6 Å². The van der Waals surface area contributed by atoms with Gasteiger partial charge in [-0.15, -0.1) is 0 Å². The third kappa shape index (κ3) is 12.4. The van der Waals surface area contributed by atoms with Gasteiger partial charge in [0, 0.05) is 20.3 Å². The molecule has 1 aromatic carbocycles. The van der Waals surface area contributed by atoms with Crippen molar-refractivity contribution < 1.29 is 38.1 Å². The average Bonchev–Trinajstić information content (AvgIpc) is 2.87. The molecule has 8 heteroatoms. The van der Waals surface area contributed by atoms with Crippen molar-refractivity contribution in [3.8, 4) is 0 Å². The molecule has 1 heterocycles. The molecule has 5 unspecified atom stereocenters. The van der Waals surface area contributed by atoms with Gasteiger partial charge in [0.05, 0.1) is 6.10 Å². The van der Waals surface area contributed by atoms with Gasteiger partial charge in [0.15, 0.2) is 18.5 Å². The normalized spacial score (nSPS) is 21.9. The van der Waals surface area contributed by atoms with Crippen LogP contribution in [0.3, 0.4) is 0 Å². The zero-order valence-corrected chi connectivity index (χ0v) is 23.5. The van der Waals surface area contributed by atoms with Gasteiger partial charge in [-0.3, -0.25) is 9.59 Å². The van der Waals surface area contributed by atoms with E-state index in [1.54, 1.807) is 0 Å². The first-order chi connectivity index (χ1) is 18.3. The molecule has 1 aliphatic heterocycles. The van der Waals surface area contributed by atoms with Crippen molar-refractivity contribution in [3.05, 3.63) is 35.9 Å². The van der Waals surface area contributed by atoms with Crippen molar-refractivity contribution in [2.24, 2.45) is 0 Å². The van der Waals surface area contributed by atoms with Crippen molar-refractivity contribution in [1.29, 1.82) is 0 Å². The van der Waals surface area contributed by atoms with Crippen LogP contribution in [-0.2, 0) is 44.7 Å². The van der Waals surface area contributed by atoms with Gasteiger partial charge in [0.25, 0.3) is 0 Å². The van der Waals surface area contributed by atoms with E-state index in [0.717, 1.165) is 24.8 Å². The molecule has 1 fully saturated rings. The maximum absolute atomic E-state index is 13.1. The molecule has 0 N–H and O–H groups in total. The molecule has 5 atom stereocenters. The van der Waals surface area contributed by atoms with Crippen LogP contribution in [0, 0.1) is 0 Å². The number of hydrogen-bond acceptors (Lipinski definition) is 8. The molecule has 1 saturated heterocycles. The second-order valence-corrected chi connectivity index (χ2v) is 10.1. The van der Waals surface area contributed by atoms with Crippen molar-refractivity contribution >= 4 is 17.9 Å². The minimum absolute atomic E-state index is 0.128. The summed E-state index contributed by atoms with van der Waals surface area (Å²) in [6.07, 6.45) is 7.12. The van der Waals surface area contributed by atoms with Gasteiger partial charge in [0.2, 0.25) is 0 Å². The molecule has 0 saturated carbocycles. The Balaban J connectivity index is 2.03. The quantitative estimate of drug-likeness (QED) is 0.136. The van der Waals surface area contributed by atoms with Crippen LogP contribution in [0.15, 0.2) is 30.3 Å². The fourth-order valence-corrected chi connectivity index (χ4v) is 4.62. The molecule has 8 nitrogen and oxygen atoms in total. The zero-order chi connectivity index (χ0) is 27.8. The number of carbonyl (C=O) groups is 3. The Kier molecular flexibility index (Phi) is 15.0. The van der Waals surface area contributed by atoms with E-state index in [2.05, 4.69) is 6.92 Å². The Morgan fingerprint density at radius 1 is 0.895 bits per heavy atom. The molecule has 2 rings (SSSR count). The fraction of sp³-hybridized carbons (Fsp3) is 0.700. The number of hydrogen-bond donors (Lipinski definition) is 0. The zero-order valence-electron chi connectivity index (χ0n) is 23.5. The van der Waals surface area contributed by atoms with Crippen molar-refractivity contribution in [3.63, 3.8) is 0 Å². The van der Waals surface area contributed by atoms with E-state index in [-0.39, 0.29) is 12.7 Å². The molecule has 0 radical (unpaired) electrons. The first-order valence-corrected chi connectivity index (χ1v) is 14.2. The largest absolute Gasteiger partial charge is 0.459 e. The summed E-state index contributed by atoms with van der Waals surface area (Å²) >= 11 is 0. The van der Waals surface area contributed by atoms with E-state index in [1.807, 2.05) is 37.3 Å². The Bertz CT molecular complexity index is 827. The molecule has 1 aromatic rings. The van der Waals surface area contributed by atoms with Crippen LogP contribution >= 0.6 is 0 Å². The topological polar surface area (TPSA) is 97.4 Å². The summed E-state index contributed by atoms with van der Waals surface area (Å²) in [6, 6.07) is 9.44. The lowest BCUT2D eigenvalue weighted by Crippen LogP contribution is -2.53. The van der Waals surface area contributed by atoms with Gasteiger partial charge < -0.3 is 23.7 Å². The van der Waals surface area contributed by atoms with E-state index in [0.29, 0.717) is 12.8 Å². The highest BCUT2D eigenvalue weighted by atomic mass is 16.7. The maximum atomic E-state index is 13.1. The minimum Gasteiger partial charge on any atom is -0.459 e. The van der Waals surface area contributed by atoms with Gasteiger partial charge in [-0.1, -0.05) is 95.0 Å². The molecular weight excluding hydrogens is 488 g/mol. The van der Waals surface area contributed by atoms with Crippen molar-refractivity contribution in [2.75, 3.05) is 0 Å². The number of benzene rings is 1. The van der Waals surface area contributed by atoms with Crippen LogP contribution < -0.4 is 0 Å². The Morgan fingerprint density at radius 3 is 2.11 bits per heavy atom. The third-order valence-electron chi connectivity index (χ3n) is 6.54. The van der Waals surface area contributed by atoms with E-state index < -0.39 is 42.5 Å². The number of unbranched alkanes of at least 4 members (excludes halogenated alkanes) is 8. The van der Waals surface area contributed by atoms with Gasteiger partial charge >= 0.3 is 17.9 Å². The molecule has 0 spiro atoms. The summed E-state index contributed by atoms with van der Waals surface area (Å²) in [5, 5.41) is 0. The lowest BCUT2D eigenvalue weighted by Gasteiger charge is -2.40. The molecule has 0 amide bonds. The molecule has 0 bridgehead atoms. The maximum Gasteiger partial charge on any atom is 0.335 e. The lowest BCUT2D eigenvalue weighted by atomic mass is 10.0. The summed E-state index contributed by atoms with van der Waals surface area (Å²) < 4.78 is 28.6. The minimum atomic E-state index is -1.07. The van der Waals surface area contributed by atoms with Crippen LogP contribution in [0.25, 0.3) is 0 Å². The monoisotopic (exact) mass is 534 g/mol. The highest BCUT2D eigenvalue weighted by Crippen LogP contribution is 2.28. The second kappa shape index (κ2) is 17.9. The first-order valence-electron chi connectivity index (χ1n) is 14.2. The first kappa shape index (κ1) is 31.8. The van der Waals surface area contributed by atoms with Gasteiger partial charge in [-0.25, -0.2) is 4.79 Å². The highest BCUT2D eigenvalue weighted by Gasteiger charge is 2.44. The predicted octanol–water partition coefficient (Wildman–Crippen LogP) is 6.03. The summed E-state index contributed by atoms with van der Waals surface area (Å²) in [5.41, 5.74) is 0.873. The summed E-state index contributed by atoms with van der Waals surface area (Å²) in [6.45, 7) is 6.73. The Hall–Kier alpha value is -2.45. The van der Waals surface area contributed by atoms with E-state index in [1.165, 1.54) is 52.4 Å². The second-order valence-electron chi connectivity index (χ2n) is 10.1. The van der Waals surface area contributed by atoms with Gasteiger partial charge in [-0.2, -0.15) is 0 Å². The number of ether oxygens (including phenoxy) is 5. The van der Waals surface area contributed by atoms with Crippen LogP contribution in [0.4, 0.5) is 0 Å². The van der Waals surface area contributed by atoms with Crippen LogP contribution in [0.2, 0.25) is 0 Å². The Morgan fingerprint density at radius 2 is 1.50 bits per heavy atom. The van der Waals surface area contributed by atoms with E-state index in [4.69, 9.17) is 23.7 Å². The van der Waals surface area contributed by atoms with Gasteiger partial charge in [-0.05, 0) is 18.9 Å². The Labute approximate surface area is 227 Å². The predicted molar refractivity (Wildman–Crippen MR) is 143 cm³/mol. The molecule has 0 aromatic heterocycles. The van der Waals surface area contributed by atoms with E-state index >= 15 is 0 Å². The van der Waals surface area contributed by atoms with Crippen molar-refractivity contribution in [2.45, 2.75) is 136 Å².